The van der Waals surface area contributed by atoms with Gasteiger partial charge in [0, 0.05) is 10.5 Å². The van der Waals surface area contributed by atoms with Crippen LogP contribution in [0.5, 0.6) is 11.5 Å². The molecule has 3 rings (SSSR count). The molecule has 1 aliphatic rings. The number of rotatable bonds is 4. The van der Waals surface area contributed by atoms with Crippen molar-refractivity contribution in [1.82, 2.24) is 0 Å². The average Bonchev–Trinajstić information content (AvgIpc) is 2.84. The molecular formula is C18H15BrO3S. The summed E-state index contributed by atoms with van der Waals surface area (Å²) in [5.74, 6) is 1.38. The Hall–Kier alpha value is -1.72. The lowest BCUT2D eigenvalue weighted by Crippen LogP contribution is -1.97. The van der Waals surface area contributed by atoms with Gasteiger partial charge in [0.05, 0.1) is 23.1 Å². The number of fused-ring (bicyclic) bond motifs is 1. The lowest BCUT2D eigenvalue weighted by molar-refractivity contribution is 0.104. The van der Waals surface area contributed by atoms with Gasteiger partial charge < -0.3 is 9.47 Å². The van der Waals surface area contributed by atoms with Gasteiger partial charge in [0.25, 0.3) is 0 Å². The van der Waals surface area contributed by atoms with Crippen molar-refractivity contribution in [2.45, 2.75) is 11.8 Å². The zero-order chi connectivity index (χ0) is 16.4. The number of ketones is 1. The molecule has 0 unspecified atom stereocenters. The Balaban J connectivity index is 1.99. The van der Waals surface area contributed by atoms with E-state index < -0.39 is 0 Å². The van der Waals surface area contributed by atoms with E-state index in [0.29, 0.717) is 23.0 Å². The normalized spacial score (nSPS) is 14.9. The number of benzene rings is 2. The molecule has 0 saturated heterocycles. The third-order valence-corrected chi connectivity index (χ3v) is 5.10. The highest BCUT2D eigenvalue weighted by atomic mass is 79.9. The molecule has 0 amide bonds. The highest BCUT2D eigenvalue weighted by Crippen LogP contribution is 2.42. The van der Waals surface area contributed by atoms with E-state index in [-0.39, 0.29) is 5.78 Å². The molecule has 1 aliphatic heterocycles. The first-order valence-electron chi connectivity index (χ1n) is 7.17. The predicted octanol–water partition coefficient (Wildman–Crippen LogP) is 5.19. The van der Waals surface area contributed by atoms with E-state index >= 15 is 0 Å². The summed E-state index contributed by atoms with van der Waals surface area (Å²) in [5, 5.41) is 0. The highest BCUT2D eigenvalue weighted by molar-refractivity contribution is 9.10. The number of methoxy groups -OCH3 is 1. The van der Waals surface area contributed by atoms with Crippen molar-refractivity contribution in [2.24, 2.45) is 0 Å². The van der Waals surface area contributed by atoms with Gasteiger partial charge in [-0.05, 0) is 58.8 Å². The molecule has 0 spiro atoms. The first-order chi connectivity index (χ1) is 11.1. The molecule has 0 N–H and O–H groups in total. The fourth-order valence-corrected chi connectivity index (χ4v) is 4.09. The van der Waals surface area contributed by atoms with Crippen molar-refractivity contribution in [3.8, 4) is 11.5 Å². The van der Waals surface area contributed by atoms with Gasteiger partial charge in [0.1, 0.15) is 0 Å². The Bertz CT molecular complexity index is 799. The van der Waals surface area contributed by atoms with Gasteiger partial charge in [-0.15, -0.1) is 0 Å². The minimum absolute atomic E-state index is 0.0653. The van der Waals surface area contributed by atoms with Crippen molar-refractivity contribution in [1.29, 1.82) is 0 Å². The third-order valence-electron chi connectivity index (χ3n) is 3.41. The molecule has 1 heterocycles. The Morgan fingerprint density at radius 3 is 2.74 bits per heavy atom. The molecule has 2 aromatic carbocycles. The topological polar surface area (TPSA) is 35.5 Å². The van der Waals surface area contributed by atoms with Crippen LogP contribution >= 0.6 is 27.7 Å². The fraction of sp³-hybridized carbons (Fsp3) is 0.167. The molecule has 0 bridgehead atoms. The van der Waals surface area contributed by atoms with E-state index in [1.54, 1.807) is 7.11 Å². The second-order valence-electron chi connectivity index (χ2n) is 4.90. The van der Waals surface area contributed by atoms with E-state index in [4.69, 9.17) is 9.47 Å². The average molecular weight is 391 g/mol. The Kier molecular flexibility index (Phi) is 4.78. The van der Waals surface area contributed by atoms with Crippen molar-refractivity contribution < 1.29 is 14.3 Å². The maximum atomic E-state index is 12.5. The van der Waals surface area contributed by atoms with Gasteiger partial charge in [-0.1, -0.05) is 23.9 Å². The number of thioether (sulfide) groups is 1. The van der Waals surface area contributed by atoms with Crippen LogP contribution in [0, 0.1) is 0 Å². The summed E-state index contributed by atoms with van der Waals surface area (Å²) < 4.78 is 11.8. The Labute approximate surface area is 147 Å². The number of ether oxygens (including phenoxy) is 2. The molecular weight excluding hydrogens is 376 g/mol. The summed E-state index contributed by atoms with van der Waals surface area (Å²) in [6.07, 6.45) is 1.89. The molecule has 5 heteroatoms. The van der Waals surface area contributed by atoms with Crippen molar-refractivity contribution in [2.75, 3.05) is 13.7 Å². The lowest BCUT2D eigenvalue weighted by atomic mass is 10.1. The Morgan fingerprint density at radius 2 is 2.04 bits per heavy atom. The lowest BCUT2D eigenvalue weighted by Gasteiger charge is -2.12. The number of Topliss-reactive ketones (excluding diaryl/α,β-unsaturated/α-hetero) is 1. The summed E-state index contributed by atoms with van der Waals surface area (Å²) in [4.78, 5) is 14.2. The Morgan fingerprint density at radius 1 is 1.26 bits per heavy atom. The molecule has 3 nitrogen and oxygen atoms in total. The van der Waals surface area contributed by atoms with E-state index in [2.05, 4.69) is 15.9 Å². The smallest absolute Gasteiger partial charge is 0.200 e. The van der Waals surface area contributed by atoms with E-state index in [1.807, 2.05) is 49.4 Å². The monoisotopic (exact) mass is 390 g/mol. The zero-order valence-corrected chi connectivity index (χ0v) is 15.2. The van der Waals surface area contributed by atoms with Gasteiger partial charge >= 0.3 is 0 Å². The largest absolute Gasteiger partial charge is 0.492 e. The maximum absolute atomic E-state index is 12.5. The van der Waals surface area contributed by atoms with Crippen LogP contribution in [0.4, 0.5) is 0 Å². The summed E-state index contributed by atoms with van der Waals surface area (Å²) in [7, 11) is 1.60. The number of allylic oxidation sites excluding steroid dienone is 1. The zero-order valence-electron chi connectivity index (χ0n) is 12.8. The summed E-state index contributed by atoms with van der Waals surface area (Å²) in [6, 6.07) is 11.5. The fourth-order valence-electron chi connectivity index (χ4n) is 2.42. The van der Waals surface area contributed by atoms with Crippen LogP contribution in [0.1, 0.15) is 22.8 Å². The van der Waals surface area contributed by atoms with Gasteiger partial charge in [0.2, 0.25) is 5.78 Å². The first kappa shape index (κ1) is 16.1. The molecule has 0 atom stereocenters. The number of hydrogen-bond donors (Lipinski definition) is 0. The van der Waals surface area contributed by atoms with Crippen LogP contribution in [-0.4, -0.2) is 19.5 Å². The van der Waals surface area contributed by atoms with Crippen LogP contribution < -0.4 is 9.47 Å². The molecule has 0 aliphatic carbocycles. The number of carbonyl (C=O) groups is 1. The van der Waals surface area contributed by atoms with Crippen LogP contribution in [0.25, 0.3) is 6.08 Å². The van der Waals surface area contributed by atoms with Crippen LogP contribution in [0.3, 0.4) is 0 Å². The minimum atomic E-state index is 0.0653. The first-order valence-corrected chi connectivity index (χ1v) is 8.78. The van der Waals surface area contributed by atoms with Crippen molar-refractivity contribution >= 4 is 39.6 Å². The van der Waals surface area contributed by atoms with E-state index in [1.165, 1.54) is 11.8 Å². The molecule has 0 radical (unpaired) electrons. The van der Waals surface area contributed by atoms with Crippen molar-refractivity contribution in [3.63, 3.8) is 0 Å². The van der Waals surface area contributed by atoms with Gasteiger partial charge in [-0.3, -0.25) is 4.79 Å². The standard InChI is InChI=1S/C18H15BrO3S/c1-3-22-14-9-11(8-13(19)18(14)21-2)10-16-17(20)12-6-4-5-7-15(12)23-16/h4-10H,3H2,1-2H3/b16-10+. The van der Waals surface area contributed by atoms with Gasteiger partial charge in [-0.2, -0.15) is 0 Å². The van der Waals surface area contributed by atoms with Crippen molar-refractivity contribution in [3.05, 3.63) is 56.9 Å². The SMILES string of the molecule is CCOc1cc(/C=C2/Sc3ccccc3C2=O)cc(Br)c1OC. The highest BCUT2D eigenvalue weighted by Gasteiger charge is 2.25. The third kappa shape index (κ3) is 3.16. The molecule has 23 heavy (non-hydrogen) atoms. The number of hydrogen-bond acceptors (Lipinski definition) is 4. The van der Waals surface area contributed by atoms with Gasteiger partial charge in [0.15, 0.2) is 11.5 Å². The summed E-state index contributed by atoms with van der Waals surface area (Å²) >= 11 is 4.99. The minimum Gasteiger partial charge on any atom is -0.492 e. The molecule has 0 fully saturated rings. The summed E-state index contributed by atoms with van der Waals surface area (Å²) in [5.41, 5.74) is 1.66. The molecule has 0 aromatic heterocycles. The number of carbonyl (C=O) groups excluding carboxylic acids is 1. The maximum Gasteiger partial charge on any atom is 0.200 e. The van der Waals surface area contributed by atoms with Crippen LogP contribution in [0.15, 0.2) is 50.7 Å². The molecule has 2 aromatic rings. The van der Waals surface area contributed by atoms with Crippen LogP contribution in [0.2, 0.25) is 0 Å². The molecule has 0 saturated carbocycles. The van der Waals surface area contributed by atoms with Crippen LogP contribution in [-0.2, 0) is 0 Å². The van der Waals surface area contributed by atoms with E-state index in [0.717, 1.165) is 20.5 Å². The quantitative estimate of drug-likeness (QED) is 0.673. The number of halogens is 1. The summed E-state index contributed by atoms with van der Waals surface area (Å²) in [6.45, 7) is 2.47. The predicted molar refractivity (Wildman–Crippen MR) is 96.5 cm³/mol. The molecule has 118 valence electrons. The second kappa shape index (κ2) is 6.81. The van der Waals surface area contributed by atoms with Gasteiger partial charge in [-0.25, -0.2) is 0 Å². The second-order valence-corrected chi connectivity index (χ2v) is 6.84. The van der Waals surface area contributed by atoms with E-state index in [9.17, 15) is 4.79 Å².